The fourth-order valence-electron chi connectivity index (χ4n) is 4.10. The minimum absolute atomic E-state index is 0.780. The largest absolute Gasteiger partial charge is 0.352 e. The Kier molecular flexibility index (Phi) is 3.96. The van der Waals surface area contributed by atoms with Crippen LogP contribution in [0, 0.1) is 5.92 Å². The van der Waals surface area contributed by atoms with Crippen molar-refractivity contribution in [3.05, 3.63) is 35.4 Å². The first-order valence-corrected chi connectivity index (χ1v) is 10.1. The Balaban J connectivity index is 1.43. The van der Waals surface area contributed by atoms with Gasteiger partial charge in [-0.3, -0.25) is 4.98 Å². The Morgan fingerprint density at radius 2 is 1.88 bits per heavy atom. The Morgan fingerprint density at radius 1 is 1.04 bits per heavy atom. The molecule has 0 bridgehead atoms. The molecule has 5 rings (SSSR count). The van der Waals surface area contributed by atoms with Gasteiger partial charge in [0, 0.05) is 43.4 Å². The Labute approximate surface area is 156 Å². The van der Waals surface area contributed by atoms with Crippen molar-refractivity contribution in [3.8, 4) is 0 Å². The third kappa shape index (κ3) is 2.70. The average Bonchev–Trinajstić information content (AvgIpc) is 3.06. The van der Waals surface area contributed by atoms with Gasteiger partial charge in [0.1, 0.15) is 22.8 Å². The van der Waals surface area contributed by atoms with E-state index in [-0.39, 0.29) is 0 Å². The number of piperazine rings is 1. The molecule has 1 atom stereocenters. The summed E-state index contributed by atoms with van der Waals surface area (Å²) in [5.41, 5.74) is 1.51. The number of hydrogen-bond acceptors (Lipinski definition) is 7. The van der Waals surface area contributed by atoms with Crippen LogP contribution in [-0.4, -0.2) is 46.1 Å². The maximum atomic E-state index is 4.70. The molecule has 3 aromatic rings. The molecule has 0 amide bonds. The molecule has 7 heteroatoms. The van der Waals surface area contributed by atoms with E-state index in [1.54, 1.807) is 18.7 Å². The van der Waals surface area contributed by atoms with E-state index in [1.165, 1.54) is 28.7 Å². The zero-order valence-corrected chi connectivity index (χ0v) is 15.7. The molecule has 0 radical (unpaired) electrons. The molecule has 134 valence electrons. The standard InChI is InChI=1S/C19H22N6S/c1-13-2-3-14-15(10-13)26-19-17(14)18(22-12-23-19)25-8-6-24(7-9-25)16-11-20-4-5-21-16/h4-5,11-13H,2-3,6-10H2,1H3. The van der Waals surface area contributed by atoms with Crippen LogP contribution in [0.5, 0.6) is 0 Å². The minimum atomic E-state index is 0.780. The minimum Gasteiger partial charge on any atom is -0.352 e. The smallest absolute Gasteiger partial charge is 0.147 e. The van der Waals surface area contributed by atoms with Crippen LogP contribution in [0.15, 0.2) is 24.9 Å². The van der Waals surface area contributed by atoms with Crippen molar-refractivity contribution >= 4 is 33.2 Å². The molecule has 1 fully saturated rings. The van der Waals surface area contributed by atoms with E-state index in [0.29, 0.717) is 0 Å². The number of rotatable bonds is 2. The lowest BCUT2D eigenvalue weighted by atomic mass is 9.89. The van der Waals surface area contributed by atoms with Crippen molar-refractivity contribution in [1.82, 2.24) is 19.9 Å². The molecule has 3 aromatic heterocycles. The van der Waals surface area contributed by atoms with Crippen molar-refractivity contribution in [2.75, 3.05) is 36.0 Å². The highest BCUT2D eigenvalue weighted by Crippen LogP contribution is 2.40. The lowest BCUT2D eigenvalue weighted by Crippen LogP contribution is -2.47. The van der Waals surface area contributed by atoms with Crippen molar-refractivity contribution in [1.29, 1.82) is 0 Å². The van der Waals surface area contributed by atoms with Crippen LogP contribution in [0.25, 0.3) is 10.2 Å². The van der Waals surface area contributed by atoms with Gasteiger partial charge in [-0.1, -0.05) is 6.92 Å². The van der Waals surface area contributed by atoms with Gasteiger partial charge in [0.25, 0.3) is 0 Å². The highest BCUT2D eigenvalue weighted by molar-refractivity contribution is 7.19. The lowest BCUT2D eigenvalue weighted by Gasteiger charge is -2.36. The third-order valence-corrected chi connectivity index (χ3v) is 6.69. The summed E-state index contributed by atoms with van der Waals surface area (Å²) in [6.07, 6.45) is 10.7. The topological polar surface area (TPSA) is 58.0 Å². The van der Waals surface area contributed by atoms with E-state index < -0.39 is 0 Å². The first-order chi connectivity index (χ1) is 12.8. The van der Waals surface area contributed by atoms with Gasteiger partial charge in [0.2, 0.25) is 0 Å². The SMILES string of the molecule is CC1CCc2c(sc3ncnc(N4CCN(c5cnccn5)CC4)c23)C1. The summed E-state index contributed by atoms with van der Waals surface area (Å²) in [5.74, 6) is 2.87. The quantitative estimate of drug-likeness (QED) is 0.695. The number of thiophene rings is 1. The monoisotopic (exact) mass is 366 g/mol. The summed E-state index contributed by atoms with van der Waals surface area (Å²) in [6, 6.07) is 0. The van der Waals surface area contributed by atoms with Gasteiger partial charge in [-0.05, 0) is 30.7 Å². The predicted molar refractivity (Wildman–Crippen MR) is 105 cm³/mol. The maximum Gasteiger partial charge on any atom is 0.147 e. The second-order valence-corrected chi connectivity index (χ2v) is 8.35. The van der Waals surface area contributed by atoms with Crippen LogP contribution in [-0.2, 0) is 12.8 Å². The number of anilines is 2. The van der Waals surface area contributed by atoms with Crippen LogP contribution in [0.1, 0.15) is 23.8 Å². The predicted octanol–water partition coefficient (Wildman–Crippen LogP) is 2.93. The van der Waals surface area contributed by atoms with Crippen molar-refractivity contribution in [2.24, 2.45) is 5.92 Å². The summed E-state index contributed by atoms with van der Waals surface area (Å²) in [4.78, 5) is 25.3. The molecular weight excluding hydrogens is 344 g/mol. The van der Waals surface area contributed by atoms with Gasteiger partial charge >= 0.3 is 0 Å². The molecule has 0 N–H and O–H groups in total. The van der Waals surface area contributed by atoms with Gasteiger partial charge < -0.3 is 9.80 Å². The number of fused-ring (bicyclic) bond motifs is 3. The highest BCUT2D eigenvalue weighted by atomic mass is 32.1. The van der Waals surface area contributed by atoms with E-state index in [2.05, 4.69) is 31.7 Å². The van der Waals surface area contributed by atoms with Crippen molar-refractivity contribution < 1.29 is 0 Å². The lowest BCUT2D eigenvalue weighted by molar-refractivity contribution is 0.509. The second-order valence-electron chi connectivity index (χ2n) is 7.27. The highest BCUT2D eigenvalue weighted by Gasteiger charge is 2.26. The first kappa shape index (κ1) is 15.9. The van der Waals surface area contributed by atoms with Crippen molar-refractivity contribution in [2.45, 2.75) is 26.2 Å². The molecule has 2 aliphatic rings. The summed E-state index contributed by atoms with van der Waals surface area (Å²) in [5, 5.41) is 1.31. The number of aryl methyl sites for hydroxylation is 1. The fourth-order valence-corrected chi connectivity index (χ4v) is 5.45. The zero-order chi connectivity index (χ0) is 17.5. The molecule has 0 aromatic carbocycles. The van der Waals surface area contributed by atoms with Gasteiger partial charge in [-0.25, -0.2) is 15.0 Å². The van der Waals surface area contributed by atoms with Gasteiger partial charge in [0.15, 0.2) is 0 Å². The molecule has 1 aliphatic carbocycles. The fraction of sp³-hybridized carbons (Fsp3) is 0.474. The molecular formula is C19H22N6S. The van der Waals surface area contributed by atoms with Crippen LogP contribution in [0.3, 0.4) is 0 Å². The van der Waals surface area contributed by atoms with Gasteiger partial charge in [-0.15, -0.1) is 11.3 Å². The Hall–Kier alpha value is -2.28. The molecule has 1 unspecified atom stereocenters. The second kappa shape index (κ2) is 6.46. The van der Waals surface area contributed by atoms with Crippen LogP contribution >= 0.6 is 11.3 Å². The molecule has 1 aliphatic heterocycles. The zero-order valence-electron chi connectivity index (χ0n) is 14.9. The summed E-state index contributed by atoms with van der Waals surface area (Å²) >= 11 is 1.87. The van der Waals surface area contributed by atoms with E-state index in [4.69, 9.17) is 4.98 Å². The van der Waals surface area contributed by atoms with Crippen LogP contribution in [0.2, 0.25) is 0 Å². The number of hydrogen-bond donors (Lipinski definition) is 0. The molecule has 4 heterocycles. The van der Waals surface area contributed by atoms with E-state index in [0.717, 1.165) is 55.0 Å². The van der Waals surface area contributed by atoms with E-state index in [9.17, 15) is 0 Å². The maximum absolute atomic E-state index is 4.70. The normalized spacial score (nSPS) is 20.4. The number of nitrogens with zero attached hydrogens (tertiary/aromatic N) is 6. The Bertz CT molecular complexity index is 916. The van der Waals surface area contributed by atoms with Crippen LogP contribution < -0.4 is 9.80 Å². The summed E-state index contributed by atoms with van der Waals surface area (Å²) < 4.78 is 0. The molecule has 0 spiro atoms. The molecule has 26 heavy (non-hydrogen) atoms. The summed E-state index contributed by atoms with van der Waals surface area (Å²) in [7, 11) is 0. The van der Waals surface area contributed by atoms with Gasteiger partial charge in [-0.2, -0.15) is 0 Å². The molecule has 6 nitrogen and oxygen atoms in total. The van der Waals surface area contributed by atoms with Crippen molar-refractivity contribution in [3.63, 3.8) is 0 Å². The third-order valence-electron chi connectivity index (χ3n) is 5.52. The first-order valence-electron chi connectivity index (χ1n) is 9.31. The average molecular weight is 366 g/mol. The van der Waals surface area contributed by atoms with Gasteiger partial charge in [0.05, 0.1) is 11.6 Å². The number of aromatic nitrogens is 4. The molecule has 1 saturated heterocycles. The van der Waals surface area contributed by atoms with Crippen LogP contribution in [0.4, 0.5) is 11.6 Å². The van der Waals surface area contributed by atoms with E-state index >= 15 is 0 Å². The Morgan fingerprint density at radius 3 is 2.69 bits per heavy atom. The van der Waals surface area contributed by atoms with E-state index in [1.807, 2.05) is 17.5 Å². The molecule has 0 saturated carbocycles. The summed E-state index contributed by atoms with van der Waals surface area (Å²) in [6.45, 7) is 6.13.